The minimum absolute atomic E-state index is 0.290. The van der Waals surface area contributed by atoms with E-state index < -0.39 is 5.97 Å². The van der Waals surface area contributed by atoms with Crippen molar-refractivity contribution in [1.82, 2.24) is 9.88 Å². The summed E-state index contributed by atoms with van der Waals surface area (Å²) in [5.41, 5.74) is 2.42. The van der Waals surface area contributed by atoms with Gasteiger partial charge in [-0.2, -0.15) is 0 Å². The van der Waals surface area contributed by atoms with Gasteiger partial charge in [0.2, 0.25) is 0 Å². The van der Waals surface area contributed by atoms with Gasteiger partial charge in [-0.1, -0.05) is 37.3 Å². The van der Waals surface area contributed by atoms with Gasteiger partial charge < -0.3 is 10.4 Å². The molecule has 0 amide bonds. The zero-order chi connectivity index (χ0) is 17.6. The lowest BCUT2D eigenvalue weighted by molar-refractivity contribution is 0.0696. The number of carboxylic acids is 1. The molecule has 1 aliphatic heterocycles. The van der Waals surface area contributed by atoms with E-state index in [0.717, 1.165) is 44.6 Å². The van der Waals surface area contributed by atoms with Gasteiger partial charge in [0, 0.05) is 24.8 Å². The number of anilines is 1. The number of carbonyl (C=O) groups is 1. The Labute approximate surface area is 148 Å². The van der Waals surface area contributed by atoms with E-state index in [4.69, 9.17) is 0 Å². The van der Waals surface area contributed by atoms with Crippen molar-refractivity contribution in [3.63, 3.8) is 0 Å². The lowest BCUT2D eigenvalue weighted by Crippen LogP contribution is -2.41. The Morgan fingerprint density at radius 1 is 1.32 bits per heavy atom. The Balaban J connectivity index is 1.66. The highest BCUT2D eigenvalue weighted by Crippen LogP contribution is 2.19. The lowest BCUT2D eigenvalue weighted by Gasteiger charge is -2.33. The third kappa shape index (κ3) is 4.79. The molecule has 2 N–H and O–H groups in total. The SMILES string of the molecule is CCc1cc(C(=O)O)cc(NC2CCCN(Cc3ccccc3)C2)n1. The molecular weight excluding hydrogens is 314 g/mol. The zero-order valence-corrected chi connectivity index (χ0v) is 14.6. The molecular formula is C20H25N3O2. The first-order valence-electron chi connectivity index (χ1n) is 8.91. The number of aromatic nitrogens is 1. The van der Waals surface area contributed by atoms with Crippen molar-refractivity contribution in [3.05, 3.63) is 59.3 Å². The van der Waals surface area contributed by atoms with Gasteiger partial charge in [0.05, 0.1) is 5.56 Å². The van der Waals surface area contributed by atoms with E-state index in [9.17, 15) is 9.90 Å². The fourth-order valence-corrected chi connectivity index (χ4v) is 3.33. The molecule has 1 fully saturated rings. The first kappa shape index (κ1) is 17.4. The zero-order valence-electron chi connectivity index (χ0n) is 14.6. The second-order valence-corrected chi connectivity index (χ2v) is 6.60. The highest BCUT2D eigenvalue weighted by Gasteiger charge is 2.20. The second kappa shape index (κ2) is 8.12. The number of aromatic carboxylic acids is 1. The van der Waals surface area contributed by atoms with Crippen molar-refractivity contribution >= 4 is 11.8 Å². The Kier molecular flexibility index (Phi) is 5.66. The normalized spacial score (nSPS) is 18.0. The molecule has 2 heterocycles. The number of carboxylic acid groups (broad SMARTS) is 1. The number of aryl methyl sites for hydroxylation is 1. The maximum absolute atomic E-state index is 11.3. The van der Waals surface area contributed by atoms with Gasteiger partial charge in [0.1, 0.15) is 5.82 Å². The number of nitrogens with one attached hydrogen (secondary N) is 1. The van der Waals surface area contributed by atoms with Crippen LogP contribution < -0.4 is 5.32 Å². The van der Waals surface area contributed by atoms with Crippen LogP contribution in [0.5, 0.6) is 0 Å². The number of pyridine rings is 1. The Morgan fingerprint density at radius 2 is 2.12 bits per heavy atom. The Bertz CT molecular complexity index is 718. The minimum Gasteiger partial charge on any atom is -0.478 e. The molecule has 5 heteroatoms. The van der Waals surface area contributed by atoms with Crippen molar-refractivity contribution in [2.24, 2.45) is 0 Å². The molecule has 1 atom stereocenters. The lowest BCUT2D eigenvalue weighted by atomic mass is 10.0. The van der Waals surface area contributed by atoms with Crippen LogP contribution in [0.2, 0.25) is 0 Å². The van der Waals surface area contributed by atoms with Crippen LogP contribution in [-0.2, 0) is 13.0 Å². The van der Waals surface area contributed by atoms with E-state index in [-0.39, 0.29) is 0 Å². The van der Waals surface area contributed by atoms with Crippen molar-refractivity contribution in [2.75, 3.05) is 18.4 Å². The number of benzene rings is 1. The van der Waals surface area contributed by atoms with E-state index in [2.05, 4.69) is 39.5 Å². The van der Waals surface area contributed by atoms with Crippen LogP contribution in [0.15, 0.2) is 42.5 Å². The molecule has 0 radical (unpaired) electrons. The molecule has 5 nitrogen and oxygen atoms in total. The van der Waals surface area contributed by atoms with E-state index >= 15 is 0 Å². The highest BCUT2D eigenvalue weighted by molar-refractivity contribution is 5.88. The van der Waals surface area contributed by atoms with Crippen LogP contribution in [0.4, 0.5) is 5.82 Å². The predicted octanol–water partition coefficient (Wildman–Crippen LogP) is 3.42. The number of likely N-dealkylation sites (tertiary alicyclic amines) is 1. The molecule has 1 aromatic heterocycles. The van der Waals surface area contributed by atoms with Gasteiger partial charge >= 0.3 is 5.97 Å². The molecule has 132 valence electrons. The maximum Gasteiger partial charge on any atom is 0.335 e. The third-order valence-electron chi connectivity index (χ3n) is 4.59. The van der Waals surface area contributed by atoms with Crippen molar-refractivity contribution < 1.29 is 9.90 Å². The summed E-state index contributed by atoms with van der Waals surface area (Å²) in [5.74, 6) is -0.238. The smallest absolute Gasteiger partial charge is 0.335 e. The maximum atomic E-state index is 11.3. The van der Waals surface area contributed by atoms with Gasteiger partial charge in [0.15, 0.2) is 0 Å². The summed E-state index contributed by atoms with van der Waals surface area (Å²) in [4.78, 5) is 18.3. The molecule has 2 aromatic rings. The minimum atomic E-state index is -0.908. The average Bonchev–Trinajstić information content (AvgIpc) is 2.62. The summed E-state index contributed by atoms with van der Waals surface area (Å²) in [5, 5.41) is 12.7. The van der Waals surface area contributed by atoms with Crippen LogP contribution in [-0.4, -0.2) is 40.1 Å². The standard InChI is InChI=1S/C20H25N3O2/c1-2-17-11-16(20(24)25)12-19(21-17)22-18-9-6-10-23(14-18)13-15-7-4-3-5-8-15/h3-5,7-8,11-12,18H,2,6,9-10,13-14H2,1H3,(H,21,22)(H,24,25). The van der Waals surface area contributed by atoms with Crippen LogP contribution in [0.1, 0.15) is 41.4 Å². The van der Waals surface area contributed by atoms with Gasteiger partial charge in [-0.15, -0.1) is 0 Å². The summed E-state index contributed by atoms with van der Waals surface area (Å²) in [7, 11) is 0. The summed E-state index contributed by atoms with van der Waals surface area (Å²) in [6, 6.07) is 14.1. The highest BCUT2D eigenvalue weighted by atomic mass is 16.4. The van der Waals surface area contributed by atoms with Crippen LogP contribution in [0.3, 0.4) is 0 Å². The van der Waals surface area contributed by atoms with E-state index in [1.54, 1.807) is 12.1 Å². The molecule has 1 aliphatic rings. The van der Waals surface area contributed by atoms with E-state index in [1.807, 2.05) is 13.0 Å². The molecule has 0 bridgehead atoms. The number of rotatable bonds is 6. The Hall–Kier alpha value is -2.40. The molecule has 3 rings (SSSR count). The van der Waals surface area contributed by atoms with Crippen LogP contribution in [0.25, 0.3) is 0 Å². The fourth-order valence-electron chi connectivity index (χ4n) is 3.33. The van der Waals surface area contributed by atoms with Crippen LogP contribution >= 0.6 is 0 Å². The number of piperidine rings is 1. The van der Waals surface area contributed by atoms with E-state index in [1.165, 1.54) is 5.56 Å². The monoisotopic (exact) mass is 339 g/mol. The van der Waals surface area contributed by atoms with Gasteiger partial charge in [0.25, 0.3) is 0 Å². The summed E-state index contributed by atoms with van der Waals surface area (Å²) in [6.45, 7) is 4.97. The van der Waals surface area contributed by atoms with Crippen LogP contribution in [0, 0.1) is 0 Å². The van der Waals surface area contributed by atoms with Gasteiger partial charge in [-0.3, -0.25) is 4.90 Å². The summed E-state index contributed by atoms with van der Waals surface area (Å²) in [6.07, 6.45) is 2.93. The predicted molar refractivity (Wildman–Crippen MR) is 98.9 cm³/mol. The fraction of sp³-hybridized carbons (Fsp3) is 0.400. The van der Waals surface area contributed by atoms with Crippen molar-refractivity contribution in [2.45, 2.75) is 38.8 Å². The third-order valence-corrected chi connectivity index (χ3v) is 4.59. The summed E-state index contributed by atoms with van der Waals surface area (Å²) < 4.78 is 0. The van der Waals surface area contributed by atoms with Gasteiger partial charge in [-0.05, 0) is 43.5 Å². The topological polar surface area (TPSA) is 65.5 Å². The quantitative estimate of drug-likeness (QED) is 0.844. The molecule has 1 aromatic carbocycles. The Morgan fingerprint density at radius 3 is 2.84 bits per heavy atom. The second-order valence-electron chi connectivity index (χ2n) is 6.60. The molecule has 25 heavy (non-hydrogen) atoms. The number of hydrogen-bond donors (Lipinski definition) is 2. The first-order valence-corrected chi connectivity index (χ1v) is 8.91. The van der Waals surface area contributed by atoms with Crippen molar-refractivity contribution in [1.29, 1.82) is 0 Å². The number of hydrogen-bond acceptors (Lipinski definition) is 4. The van der Waals surface area contributed by atoms with Gasteiger partial charge in [-0.25, -0.2) is 9.78 Å². The molecule has 1 saturated heterocycles. The molecule has 0 aliphatic carbocycles. The average molecular weight is 339 g/mol. The molecule has 0 saturated carbocycles. The molecule has 0 spiro atoms. The first-order chi connectivity index (χ1) is 12.1. The largest absolute Gasteiger partial charge is 0.478 e. The van der Waals surface area contributed by atoms with Crippen molar-refractivity contribution in [3.8, 4) is 0 Å². The molecule has 1 unspecified atom stereocenters. The summed E-state index contributed by atoms with van der Waals surface area (Å²) >= 11 is 0. The van der Waals surface area contributed by atoms with E-state index in [0.29, 0.717) is 17.4 Å². The number of nitrogens with zero attached hydrogens (tertiary/aromatic N) is 2.